The summed E-state index contributed by atoms with van der Waals surface area (Å²) >= 11 is 0. The van der Waals surface area contributed by atoms with E-state index in [1.54, 1.807) is 12.1 Å². The number of hydrogen-bond acceptors (Lipinski definition) is 7. The second kappa shape index (κ2) is 9.74. The highest BCUT2D eigenvalue weighted by Gasteiger charge is 2.45. The first-order valence-electron chi connectivity index (χ1n) is 10.2. The molecule has 9 nitrogen and oxygen atoms in total. The second-order valence-electron chi connectivity index (χ2n) is 7.74. The van der Waals surface area contributed by atoms with E-state index in [0.29, 0.717) is 18.6 Å². The van der Waals surface area contributed by atoms with Gasteiger partial charge in [-0.3, -0.25) is 9.59 Å². The van der Waals surface area contributed by atoms with E-state index >= 15 is 0 Å². The van der Waals surface area contributed by atoms with Crippen molar-refractivity contribution >= 4 is 27.5 Å². The summed E-state index contributed by atoms with van der Waals surface area (Å²) in [4.78, 5) is 27.1. The van der Waals surface area contributed by atoms with Gasteiger partial charge < -0.3 is 19.8 Å². The van der Waals surface area contributed by atoms with Gasteiger partial charge in [0.15, 0.2) is 0 Å². The van der Waals surface area contributed by atoms with E-state index in [4.69, 9.17) is 4.74 Å². The molecule has 2 aromatic rings. The standard InChI is InChI=1S/C23H26N2O7S/c1-24(2)33(30,31)18-11-7-16(8-12-18)21(27)19-20(15-5-9-17(26)10-6-15)25(13-4-14-32-3)23(29)22(19)28/h5-12,20,26-27H,4,13-14H2,1-3H3/t20-/m0/s1. The molecule has 2 aromatic carbocycles. The lowest BCUT2D eigenvalue weighted by Gasteiger charge is -2.25. The smallest absolute Gasteiger partial charge is 0.295 e. The van der Waals surface area contributed by atoms with Crippen LogP contribution in [-0.4, -0.2) is 73.9 Å². The maximum Gasteiger partial charge on any atom is 0.295 e. The average molecular weight is 475 g/mol. The van der Waals surface area contributed by atoms with Gasteiger partial charge in [-0.25, -0.2) is 12.7 Å². The number of phenolic OH excluding ortho intramolecular Hbond substituents is 1. The van der Waals surface area contributed by atoms with Crippen LogP contribution in [0.15, 0.2) is 59.0 Å². The Bertz CT molecular complexity index is 1170. The third kappa shape index (κ3) is 4.77. The SMILES string of the molecule is COCCCN1C(=O)C(=O)C(=C(O)c2ccc(S(=O)(=O)N(C)C)cc2)[C@@H]1c1ccc(O)cc1. The van der Waals surface area contributed by atoms with E-state index in [9.17, 15) is 28.2 Å². The molecular weight excluding hydrogens is 448 g/mol. The first-order valence-corrected chi connectivity index (χ1v) is 11.6. The van der Waals surface area contributed by atoms with Gasteiger partial charge in [-0.2, -0.15) is 0 Å². The summed E-state index contributed by atoms with van der Waals surface area (Å²) < 4.78 is 30.7. The molecule has 0 radical (unpaired) electrons. The zero-order chi connectivity index (χ0) is 24.3. The van der Waals surface area contributed by atoms with Gasteiger partial charge in [0.25, 0.3) is 11.7 Å². The molecular formula is C23H26N2O7S. The minimum Gasteiger partial charge on any atom is -0.508 e. The Morgan fingerprint density at radius 2 is 1.67 bits per heavy atom. The highest BCUT2D eigenvalue weighted by atomic mass is 32.2. The van der Waals surface area contributed by atoms with Crippen LogP contribution in [0.2, 0.25) is 0 Å². The number of aromatic hydroxyl groups is 1. The van der Waals surface area contributed by atoms with Crippen molar-refractivity contribution < 1.29 is 33.0 Å². The van der Waals surface area contributed by atoms with Crippen LogP contribution in [0.3, 0.4) is 0 Å². The van der Waals surface area contributed by atoms with Gasteiger partial charge in [-0.15, -0.1) is 0 Å². The van der Waals surface area contributed by atoms with Gasteiger partial charge in [-0.05, 0) is 48.4 Å². The fourth-order valence-electron chi connectivity index (χ4n) is 3.64. The molecule has 1 fully saturated rings. The monoisotopic (exact) mass is 474 g/mol. The van der Waals surface area contributed by atoms with Gasteiger partial charge in [0.05, 0.1) is 16.5 Å². The Kier molecular flexibility index (Phi) is 7.21. The summed E-state index contributed by atoms with van der Waals surface area (Å²) in [6, 6.07) is 10.6. The maximum atomic E-state index is 12.9. The van der Waals surface area contributed by atoms with Crippen molar-refractivity contribution in [2.75, 3.05) is 34.4 Å². The minimum atomic E-state index is -3.67. The molecule has 10 heteroatoms. The number of carbonyl (C=O) groups excluding carboxylic acids is 2. The number of methoxy groups -OCH3 is 1. The number of ketones is 1. The number of nitrogens with zero attached hydrogens (tertiary/aromatic N) is 2. The molecule has 0 aliphatic carbocycles. The molecule has 0 aromatic heterocycles. The van der Waals surface area contributed by atoms with Crippen molar-refractivity contribution in [1.82, 2.24) is 9.21 Å². The number of carbonyl (C=O) groups is 2. The minimum absolute atomic E-state index is 0.0211. The Hall–Kier alpha value is -3.21. The first-order chi connectivity index (χ1) is 15.6. The van der Waals surface area contributed by atoms with Crippen LogP contribution in [0.25, 0.3) is 5.76 Å². The fraction of sp³-hybridized carbons (Fsp3) is 0.304. The van der Waals surface area contributed by atoms with Crippen molar-refractivity contribution in [2.45, 2.75) is 17.4 Å². The number of sulfonamides is 1. The van der Waals surface area contributed by atoms with Crippen LogP contribution in [0.1, 0.15) is 23.6 Å². The average Bonchev–Trinajstić information content (AvgIpc) is 3.04. The van der Waals surface area contributed by atoms with Crippen molar-refractivity contribution in [1.29, 1.82) is 0 Å². The zero-order valence-electron chi connectivity index (χ0n) is 18.6. The van der Waals surface area contributed by atoms with Crippen LogP contribution in [0.5, 0.6) is 5.75 Å². The lowest BCUT2D eigenvalue weighted by atomic mass is 9.95. The summed E-state index contributed by atoms with van der Waals surface area (Å²) in [6.07, 6.45) is 0.481. The van der Waals surface area contributed by atoms with E-state index in [-0.39, 0.29) is 28.3 Å². The Labute approximate surface area is 192 Å². The van der Waals surface area contributed by atoms with Gasteiger partial charge in [0, 0.05) is 39.9 Å². The largest absolute Gasteiger partial charge is 0.508 e. The zero-order valence-corrected chi connectivity index (χ0v) is 19.4. The predicted molar refractivity (Wildman–Crippen MR) is 121 cm³/mol. The van der Waals surface area contributed by atoms with E-state index in [1.807, 2.05) is 0 Å². The number of Topliss-reactive ketones (excluding diaryl/α,β-unsaturated/α-hetero) is 1. The summed E-state index contributed by atoms with van der Waals surface area (Å²) in [6.45, 7) is 0.605. The Balaban J connectivity index is 2.09. The summed E-state index contributed by atoms with van der Waals surface area (Å²) in [5, 5.41) is 20.7. The summed E-state index contributed by atoms with van der Waals surface area (Å²) in [5.41, 5.74) is 0.635. The van der Waals surface area contributed by atoms with Crippen LogP contribution in [0, 0.1) is 0 Å². The van der Waals surface area contributed by atoms with Crippen LogP contribution >= 0.6 is 0 Å². The number of rotatable bonds is 8. The van der Waals surface area contributed by atoms with Gasteiger partial charge in [0.2, 0.25) is 10.0 Å². The number of amides is 1. The third-order valence-electron chi connectivity index (χ3n) is 5.40. The molecule has 3 rings (SSSR count). The molecule has 1 heterocycles. The number of likely N-dealkylation sites (tertiary alicyclic amines) is 1. The van der Waals surface area contributed by atoms with Gasteiger partial charge in [-0.1, -0.05) is 12.1 Å². The molecule has 33 heavy (non-hydrogen) atoms. The fourth-order valence-corrected chi connectivity index (χ4v) is 4.55. The van der Waals surface area contributed by atoms with E-state index in [0.717, 1.165) is 4.31 Å². The number of phenols is 1. The van der Waals surface area contributed by atoms with E-state index in [2.05, 4.69) is 0 Å². The molecule has 0 bridgehead atoms. The molecule has 0 spiro atoms. The van der Waals surface area contributed by atoms with E-state index in [1.165, 1.54) is 62.5 Å². The number of hydrogen-bond donors (Lipinski definition) is 2. The maximum absolute atomic E-state index is 12.9. The van der Waals surface area contributed by atoms with Gasteiger partial charge in [0.1, 0.15) is 11.5 Å². The van der Waals surface area contributed by atoms with Crippen molar-refractivity contribution in [3.05, 3.63) is 65.2 Å². The number of benzene rings is 2. The number of aliphatic hydroxyl groups is 1. The van der Waals surface area contributed by atoms with Crippen LogP contribution < -0.4 is 0 Å². The van der Waals surface area contributed by atoms with Crippen LogP contribution in [0.4, 0.5) is 0 Å². The third-order valence-corrected chi connectivity index (χ3v) is 7.23. The molecule has 1 amide bonds. The topological polar surface area (TPSA) is 124 Å². The summed E-state index contributed by atoms with van der Waals surface area (Å²) in [7, 11) is 0.684. The van der Waals surface area contributed by atoms with Crippen molar-refractivity contribution in [3.63, 3.8) is 0 Å². The lowest BCUT2D eigenvalue weighted by Crippen LogP contribution is -2.31. The molecule has 1 aliphatic heterocycles. The number of ether oxygens (including phenoxy) is 1. The predicted octanol–water partition coefficient (Wildman–Crippen LogP) is 2.10. The normalized spacial score (nSPS) is 18.3. The summed E-state index contributed by atoms with van der Waals surface area (Å²) in [5.74, 6) is -1.98. The molecule has 0 saturated carbocycles. The Morgan fingerprint density at radius 3 is 2.21 bits per heavy atom. The molecule has 0 unspecified atom stereocenters. The van der Waals surface area contributed by atoms with Crippen LogP contribution in [-0.2, 0) is 24.3 Å². The van der Waals surface area contributed by atoms with Gasteiger partial charge >= 0.3 is 0 Å². The highest BCUT2D eigenvalue weighted by molar-refractivity contribution is 7.89. The molecule has 1 atom stereocenters. The highest BCUT2D eigenvalue weighted by Crippen LogP contribution is 2.40. The first kappa shape index (κ1) is 24.4. The molecule has 176 valence electrons. The molecule has 2 N–H and O–H groups in total. The quantitative estimate of drug-likeness (QED) is 0.260. The second-order valence-corrected chi connectivity index (χ2v) is 9.89. The molecule has 1 aliphatic rings. The Morgan fingerprint density at radius 1 is 1.06 bits per heavy atom. The molecule has 1 saturated heterocycles. The van der Waals surface area contributed by atoms with Crippen molar-refractivity contribution in [3.8, 4) is 5.75 Å². The van der Waals surface area contributed by atoms with Crippen molar-refractivity contribution in [2.24, 2.45) is 0 Å². The number of aliphatic hydroxyl groups excluding tert-OH is 1. The van der Waals surface area contributed by atoms with E-state index < -0.39 is 33.5 Å². The lowest BCUT2D eigenvalue weighted by molar-refractivity contribution is -0.140.